The molecule has 0 bridgehead atoms. The van der Waals surface area contributed by atoms with E-state index in [2.05, 4.69) is 10.5 Å². The Hall–Kier alpha value is -3.28. The molecule has 2 aromatic carbocycles. The van der Waals surface area contributed by atoms with Crippen molar-refractivity contribution in [2.24, 2.45) is 5.16 Å². The SMILES string of the molecule is COc1cccc2cc(C(=O)Nc3cccc(C)c3C)/c(=N/O)oc12. The quantitative estimate of drug-likeness (QED) is 0.564. The van der Waals surface area contributed by atoms with Crippen LogP contribution in [0, 0.1) is 13.8 Å². The molecule has 0 aliphatic rings. The average Bonchev–Trinajstić information content (AvgIpc) is 2.63. The van der Waals surface area contributed by atoms with Gasteiger partial charge in [-0.1, -0.05) is 24.3 Å². The van der Waals surface area contributed by atoms with Gasteiger partial charge in [0.1, 0.15) is 5.56 Å². The summed E-state index contributed by atoms with van der Waals surface area (Å²) in [6.45, 7) is 3.90. The number of hydrogen-bond acceptors (Lipinski definition) is 5. The third-order valence-electron chi connectivity index (χ3n) is 4.15. The summed E-state index contributed by atoms with van der Waals surface area (Å²) in [7, 11) is 1.52. The number of nitrogens with zero attached hydrogens (tertiary/aromatic N) is 1. The van der Waals surface area contributed by atoms with Gasteiger partial charge in [0, 0.05) is 11.1 Å². The number of hydrogen-bond donors (Lipinski definition) is 2. The highest BCUT2D eigenvalue weighted by molar-refractivity contribution is 6.06. The molecule has 25 heavy (non-hydrogen) atoms. The van der Waals surface area contributed by atoms with Crippen LogP contribution in [0.2, 0.25) is 0 Å². The second kappa shape index (κ2) is 6.68. The molecule has 0 aliphatic heterocycles. The lowest BCUT2D eigenvalue weighted by Gasteiger charge is -2.11. The standard InChI is InChI=1S/C19H18N2O4/c1-11-6-4-8-15(12(11)2)20-18(22)14-10-13-7-5-9-16(24-3)17(13)25-19(14)21-23/h4-10,23H,1-3H3,(H,20,22)/b21-19-. The molecular weight excluding hydrogens is 320 g/mol. The van der Waals surface area contributed by atoms with Gasteiger partial charge in [0.05, 0.1) is 7.11 Å². The van der Waals surface area contributed by atoms with Gasteiger partial charge in [-0.15, -0.1) is 0 Å². The zero-order valence-electron chi connectivity index (χ0n) is 14.2. The second-order valence-electron chi connectivity index (χ2n) is 5.65. The lowest BCUT2D eigenvalue weighted by atomic mass is 10.1. The van der Waals surface area contributed by atoms with E-state index >= 15 is 0 Å². The Balaban J connectivity index is 2.08. The first-order valence-electron chi connectivity index (χ1n) is 7.71. The molecule has 0 unspecified atom stereocenters. The summed E-state index contributed by atoms with van der Waals surface area (Å²) in [5, 5.41) is 15.9. The maximum atomic E-state index is 12.7. The number of anilines is 1. The average molecular weight is 338 g/mol. The molecule has 2 N–H and O–H groups in total. The lowest BCUT2D eigenvalue weighted by Crippen LogP contribution is -2.22. The van der Waals surface area contributed by atoms with Crippen molar-refractivity contribution in [3.8, 4) is 5.75 Å². The number of benzene rings is 2. The topological polar surface area (TPSA) is 84.1 Å². The fourth-order valence-electron chi connectivity index (χ4n) is 2.60. The summed E-state index contributed by atoms with van der Waals surface area (Å²) in [5.41, 5.74) is 3.08. The van der Waals surface area contributed by atoms with E-state index in [1.165, 1.54) is 7.11 Å². The van der Waals surface area contributed by atoms with Gasteiger partial charge < -0.3 is 19.7 Å². The summed E-state index contributed by atoms with van der Waals surface area (Å²) >= 11 is 0. The number of para-hydroxylation sites is 1. The van der Waals surface area contributed by atoms with Crippen molar-refractivity contribution in [2.75, 3.05) is 12.4 Å². The lowest BCUT2D eigenvalue weighted by molar-refractivity contribution is 0.102. The largest absolute Gasteiger partial charge is 0.493 e. The molecule has 0 radical (unpaired) electrons. The minimum Gasteiger partial charge on any atom is -0.493 e. The number of carbonyl (C=O) groups is 1. The molecule has 128 valence electrons. The Morgan fingerprint density at radius 2 is 1.96 bits per heavy atom. The number of nitrogens with one attached hydrogen (secondary N) is 1. The third-order valence-corrected chi connectivity index (χ3v) is 4.15. The van der Waals surface area contributed by atoms with Crippen molar-refractivity contribution in [3.63, 3.8) is 0 Å². The first-order valence-corrected chi connectivity index (χ1v) is 7.71. The number of fused-ring (bicyclic) bond motifs is 1. The van der Waals surface area contributed by atoms with Crippen molar-refractivity contribution < 1.29 is 19.2 Å². The van der Waals surface area contributed by atoms with Crippen molar-refractivity contribution in [1.82, 2.24) is 0 Å². The molecule has 1 heterocycles. The predicted octanol–water partition coefficient (Wildman–Crippen LogP) is 3.60. The predicted molar refractivity (Wildman–Crippen MR) is 94.0 cm³/mol. The van der Waals surface area contributed by atoms with E-state index in [-0.39, 0.29) is 11.1 Å². The third kappa shape index (κ3) is 3.06. The van der Waals surface area contributed by atoms with E-state index in [9.17, 15) is 10.0 Å². The molecule has 0 saturated heterocycles. The van der Waals surface area contributed by atoms with E-state index in [1.54, 1.807) is 24.3 Å². The molecule has 1 amide bonds. The highest BCUT2D eigenvalue weighted by Crippen LogP contribution is 2.25. The fourth-order valence-corrected chi connectivity index (χ4v) is 2.60. The maximum absolute atomic E-state index is 12.7. The van der Waals surface area contributed by atoms with Crippen LogP contribution in [0.15, 0.2) is 52.0 Å². The van der Waals surface area contributed by atoms with Crippen LogP contribution in [-0.2, 0) is 0 Å². The fraction of sp³-hybridized carbons (Fsp3) is 0.158. The van der Waals surface area contributed by atoms with E-state index in [4.69, 9.17) is 9.15 Å². The summed E-state index contributed by atoms with van der Waals surface area (Å²) in [6, 6.07) is 12.6. The number of amides is 1. The molecule has 3 aromatic rings. The minimum absolute atomic E-state index is 0.129. The number of aryl methyl sites for hydroxylation is 1. The number of ether oxygens (including phenoxy) is 1. The van der Waals surface area contributed by atoms with Gasteiger partial charge in [0.25, 0.3) is 11.5 Å². The summed E-state index contributed by atoms with van der Waals surface area (Å²) in [4.78, 5) is 12.7. The van der Waals surface area contributed by atoms with Crippen LogP contribution in [0.3, 0.4) is 0 Å². The highest BCUT2D eigenvalue weighted by Gasteiger charge is 2.16. The zero-order valence-corrected chi connectivity index (χ0v) is 14.2. The monoisotopic (exact) mass is 338 g/mol. The van der Waals surface area contributed by atoms with Crippen LogP contribution in [0.4, 0.5) is 5.69 Å². The molecule has 6 heteroatoms. The smallest absolute Gasteiger partial charge is 0.268 e. The van der Waals surface area contributed by atoms with Crippen molar-refractivity contribution in [2.45, 2.75) is 13.8 Å². The number of rotatable bonds is 3. The van der Waals surface area contributed by atoms with E-state index in [1.807, 2.05) is 32.0 Å². The molecule has 0 fully saturated rings. The summed E-state index contributed by atoms with van der Waals surface area (Å²) < 4.78 is 10.8. The summed E-state index contributed by atoms with van der Waals surface area (Å²) in [5.74, 6) is 0.0684. The Morgan fingerprint density at radius 3 is 2.68 bits per heavy atom. The first kappa shape index (κ1) is 16.6. The molecular formula is C19H18N2O4. The Kier molecular flexibility index (Phi) is 4.43. The number of carbonyl (C=O) groups excluding carboxylic acids is 1. The van der Waals surface area contributed by atoms with Gasteiger partial charge in [-0.05, 0) is 48.3 Å². The molecule has 3 rings (SSSR count). The maximum Gasteiger partial charge on any atom is 0.268 e. The van der Waals surface area contributed by atoms with Crippen LogP contribution < -0.4 is 15.6 Å². The van der Waals surface area contributed by atoms with Gasteiger partial charge in [-0.3, -0.25) is 4.79 Å². The molecule has 0 saturated carbocycles. The van der Waals surface area contributed by atoms with Crippen LogP contribution >= 0.6 is 0 Å². The van der Waals surface area contributed by atoms with Crippen LogP contribution in [0.1, 0.15) is 21.5 Å². The van der Waals surface area contributed by atoms with Gasteiger partial charge in [0.15, 0.2) is 11.3 Å². The van der Waals surface area contributed by atoms with Gasteiger partial charge in [0.2, 0.25) is 0 Å². The van der Waals surface area contributed by atoms with Crippen LogP contribution in [0.25, 0.3) is 11.0 Å². The summed E-state index contributed by atoms with van der Waals surface area (Å²) in [6.07, 6.45) is 0. The number of methoxy groups -OCH3 is 1. The molecule has 0 atom stereocenters. The molecule has 0 spiro atoms. The van der Waals surface area contributed by atoms with E-state index in [0.29, 0.717) is 22.4 Å². The van der Waals surface area contributed by atoms with Crippen molar-refractivity contribution >= 4 is 22.6 Å². The highest BCUT2D eigenvalue weighted by atomic mass is 16.5. The second-order valence-corrected chi connectivity index (χ2v) is 5.65. The van der Waals surface area contributed by atoms with Crippen molar-refractivity contribution in [3.05, 3.63) is 64.7 Å². The van der Waals surface area contributed by atoms with E-state index in [0.717, 1.165) is 11.1 Å². The van der Waals surface area contributed by atoms with Gasteiger partial charge in [-0.2, -0.15) is 0 Å². The minimum atomic E-state index is -0.421. The van der Waals surface area contributed by atoms with Gasteiger partial charge >= 0.3 is 0 Å². The first-order chi connectivity index (χ1) is 12.0. The molecule has 1 aromatic heterocycles. The zero-order chi connectivity index (χ0) is 18.0. The normalized spacial score (nSPS) is 11.6. The van der Waals surface area contributed by atoms with Crippen molar-refractivity contribution in [1.29, 1.82) is 0 Å². The molecule has 0 aliphatic carbocycles. The Labute approximate surface area is 144 Å². The Morgan fingerprint density at radius 1 is 1.20 bits per heavy atom. The van der Waals surface area contributed by atoms with E-state index < -0.39 is 5.91 Å². The molecule has 6 nitrogen and oxygen atoms in total. The Bertz CT molecular complexity index is 1020. The van der Waals surface area contributed by atoms with Gasteiger partial charge in [-0.25, -0.2) is 0 Å². The van der Waals surface area contributed by atoms with Crippen LogP contribution in [-0.4, -0.2) is 18.2 Å². The van der Waals surface area contributed by atoms with Crippen LogP contribution in [0.5, 0.6) is 5.75 Å².